The van der Waals surface area contributed by atoms with Crippen LogP contribution in [0.1, 0.15) is 34.5 Å². The zero-order chi connectivity index (χ0) is 29.9. The minimum absolute atomic E-state index is 0.344. The molecule has 0 aliphatic rings. The van der Waals surface area contributed by atoms with E-state index < -0.39 is 37.3 Å². The summed E-state index contributed by atoms with van der Waals surface area (Å²) in [5.74, 6) is 0.0281. The number of benzene rings is 4. The maximum Gasteiger partial charge on any atom is 0.161 e. The first-order valence-electron chi connectivity index (χ1n) is 13.8. The minimum Gasteiger partial charge on any atom is -0.493 e. The quantitative estimate of drug-likeness (QED) is 0.159. The molecule has 0 saturated heterocycles. The van der Waals surface area contributed by atoms with E-state index in [-0.39, 0.29) is 0 Å². The lowest BCUT2D eigenvalue weighted by molar-refractivity contribution is -0.0425. The Labute approximate surface area is 246 Å². The summed E-state index contributed by atoms with van der Waals surface area (Å²) in [5, 5.41) is 43.2. The Hall–Kier alpha value is -4.08. The van der Waals surface area contributed by atoms with Crippen LogP contribution in [0.4, 0.5) is 0 Å². The molecule has 0 heterocycles. The lowest BCUT2D eigenvalue weighted by Crippen LogP contribution is -2.32. The molecule has 222 valence electrons. The molecule has 0 amide bonds. The van der Waals surface area contributed by atoms with Crippen LogP contribution in [0.2, 0.25) is 0 Å². The topological polar surface area (TPSA) is 118 Å². The molecule has 42 heavy (non-hydrogen) atoms. The number of aliphatic hydroxyl groups excluding tert-OH is 4. The van der Waals surface area contributed by atoms with Crippen LogP contribution < -0.4 is 18.9 Å². The van der Waals surface area contributed by atoms with Crippen LogP contribution in [0.25, 0.3) is 0 Å². The zero-order valence-electron chi connectivity index (χ0n) is 23.8. The summed E-state index contributed by atoms with van der Waals surface area (Å²) in [4.78, 5) is 0. The molecule has 4 aromatic carbocycles. The number of rotatable bonds is 15. The van der Waals surface area contributed by atoms with Gasteiger partial charge in [-0.1, -0.05) is 72.8 Å². The Balaban J connectivity index is 1.49. The summed E-state index contributed by atoms with van der Waals surface area (Å²) >= 11 is 0. The SMILES string of the molecule is COc1cc([C@H](O)[C@H](CO)[C@H](CO)[C@@H](O)c2ccc(OCc3ccccc3)c(OC)c2)ccc1OCc1ccccc1. The van der Waals surface area contributed by atoms with Crippen LogP contribution in [0.15, 0.2) is 97.1 Å². The Morgan fingerprint density at radius 3 is 1.24 bits per heavy atom. The van der Waals surface area contributed by atoms with Gasteiger partial charge in [-0.25, -0.2) is 0 Å². The zero-order valence-corrected chi connectivity index (χ0v) is 23.8. The molecule has 4 rings (SSSR count). The van der Waals surface area contributed by atoms with E-state index in [1.807, 2.05) is 60.7 Å². The van der Waals surface area contributed by atoms with Crippen molar-refractivity contribution in [3.8, 4) is 23.0 Å². The van der Waals surface area contributed by atoms with Gasteiger partial charge in [0.05, 0.1) is 26.4 Å². The van der Waals surface area contributed by atoms with Crippen molar-refractivity contribution in [3.63, 3.8) is 0 Å². The van der Waals surface area contributed by atoms with E-state index in [4.69, 9.17) is 18.9 Å². The van der Waals surface area contributed by atoms with Crippen LogP contribution in [0.3, 0.4) is 0 Å². The highest BCUT2D eigenvalue weighted by Crippen LogP contribution is 2.40. The van der Waals surface area contributed by atoms with Crippen molar-refractivity contribution in [2.24, 2.45) is 11.8 Å². The number of hydrogen-bond donors (Lipinski definition) is 4. The van der Waals surface area contributed by atoms with Crippen LogP contribution in [-0.4, -0.2) is 47.9 Å². The maximum atomic E-state index is 11.3. The number of aliphatic hydroxyl groups is 4. The van der Waals surface area contributed by atoms with Crippen molar-refractivity contribution in [1.29, 1.82) is 0 Å². The molecule has 0 saturated carbocycles. The molecule has 0 radical (unpaired) electrons. The van der Waals surface area contributed by atoms with Crippen LogP contribution in [0.5, 0.6) is 23.0 Å². The minimum atomic E-state index is -1.21. The number of hydrogen-bond acceptors (Lipinski definition) is 8. The Kier molecular flexibility index (Phi) is 11.2. The fourth-order valence-electron chi connectivity index (χ4n) is 4.88. The predicted molar refractivity (Wildman–Crippen MR) is 159 cm³/mol. The van der Waals surface area contributed by atoms with E-state index >= 15 is 0 Å². The third-order valence-corrected chi connectivity index (χ3v) is 7.32. The van der Waals surface area contributed by atoms with Gasteiger partial charge in [-0.2, -0.15) is 0 Å². The summed E-state index contributed by atoms with van der Waals surface area (Å²) in [7, 11) is 3.01. The predicted octanol–water partition coefficient (Wildman–Crippen LogP) is 4.85. The molecule has 4 aromatic rings. The van der Waals surface area contributed by atoms with E-state index in [1.165, 1.54) is 14.2 Å². The van der Waals surface area contributed by atoms with Gasteiger partial charge in [-0.15, -0.1) is 0 Å². The molecular weight excluding hydrogens is 536 g/mol. The molecule has 8 heteroatoms. The lowest BCUT2D eigenvalue weighted by atomic mass is 9.80. The van der Waals surface area contributed by atoms with E-state index in [0.29, 0.717) is 47.3 Å². The van der Waals surface area contributed by atoms with Gasteiger partial charge in [0.2, 0.25) is 0 Å². The number of methoxy groups -OCH3 is 2. The monoisotopic (exact) mass is 574 g/mol. The van der Waals surface area contributed by atoms with Gasteiger partial charge < -0.3 is 39.4 Å². The van der Waals surface area contributed by atoms with Gasteiger partial charge in [0, 0.05) is 25.0 Å². The van der Waals surface area contributed by atoms with Crippen molar-refractivity contribution in [1.82, 2.24) is 0 Å². The molecule has 0 spiro atoms. The van der Waals surface area contributed by atoms with Crippen LogP contribution >= 0.6 is 0 Å². The summed E-state index contributed by atoms with van der Waals surface area (Å²) < 4.78 is 22.8. The normalized spacial score (nSPS) is 14.0. The highest BCUT2D eigenvalue weighted by atomic mass is 16.5. The second-order valence-electron chi connectivity index (χ2n) is 9.95. The first kappa shape index (κ1) is 30.9. The third kappa shape index (κ3) is 7.60. The molecule has 0 aliphatic heterocycles. The van der Waals surface area contributed by atoms with Crippen molar-refractivity contribution in [2.75, 3.05) is 27.4 Å². The van der Waals surface area contributed by atoms with Gasteiger partial charge in [-0.3, -0.25) is 0 Å². The van der Waals surface area contributed by atoms with Gasteiger partial charge >= 0.3 is 0 Å². The van der Waals surface area contributed by atoms with E-state index in [2.05, 4.69) is 0 Å². The smallest absolute Gasteiger partial charge is 0.161 e. The van der Waals surface area contributed by atoms with Gasteiger partial charge in [0.1, 0.15) is 13.2 Å². The van der Waals surface area contributed by atoms with E-state index in [9.17, 15) is 20.4 Å². The Bertz CT molecular complexity index is 1270. The Morgan fingerprint density at radius 2 is 0.905 bits per heavy atom. The van der Waals surface area contributed by atoms with E-state index in [0.717, 1.165) is 11.1 Å². The summed E-state index contributed by atoms with van der Waals surface area (Å²) in [5.41, 5.74) is 2.89. The average molecular weight is 575 g/mol. The van der Waals surface area contributed by atoms with Crippen molar-refractivity contribution in [3.05, 3.63) is 119 Å². The van der Waals surface area contributed by atoms with Crippen LogP contribution in [0, 0.1) is 11.8 Å². The fraction of sp³-hybridized carbons (Fsp3) is 0.294. The molecule has 0 bridgehead atoms. The maximum absolute atomic E-state index is 11.3. The first-order chi connectivity index (χ1) is 20.5. The summed E-state index contributed by atoms with van der Waals surface area (Å²) in [6, 6.07) is 29.4. The van der Waals surface area contributed by atoms with Gasteiger partial charge in [0.25, 0.3) is 0 Å². The van der Waals surface area contributed by atoms with Gasteiger partial charge in [0.15, 0.2) is 23.0 Å². The van der Waals surface area contributed by atoms with Crippen molar-refractivity contribution >= 4 is 0 Å². The van der Waals surface area contributed by atoms with Crippen LogP contribution in [-0.2, 0) is 13.2 Å². The number of ether oxygens (including phenoxy) is 4. The van der Waals surface area contributed by atoms with Crippen molar-refractivity contribution < 1.29 is 39.4 Å². The summed E-state index contributed by atoms with van der Waals surface area (Å²) in [6.45, 7) is -0.270. The lowest BCUT2D eigenvalue weighted by Gasteiger charge is -2.32. The molecule has 0 aromatic heterocycles. The van der Waals surface area contributed by atoms with Crippen molar-refractivity contribution in [2.45, 2.75) is 25.4 Å². The molecule has 4 N–H and O–H groups in total. The largest absolute Gasteiger partial charge is 0.493 e. The Morgan fingerprint density at radius 1 is 0.524 bits per heavy atom. The first-order valence-corrected chi connectivity index (χ1v) is 13.8. The molecule has 0 aliphatic carbocycles. The molecule has 0 fully saturated rings. The second kappa shape index (κ2) is 15.2. The highest BCUT2D eigenvalue weighted by Gasteiger charge is 2.35. The molecule has 0 unspecified atom stereocenters. The van der Waals surface area contributed by atoms with E-state index in [1.54, 1.807) is 36.4 Å². The molecule has 4 atom stereocenters. The summed E-state index contributed by atoms with van der Waals surface area (Å²) in [6.07, 6.45) is -2.43. The molecule has 8 nitrogen and oxygen atoms in total. The second-order valence-corrected chi connectivity index (χ2v) is 9.95. The fourth-order valence-corrected chi connectivity index (χ4v) is 4.88. The highest BCUT2D eigenvalue weighted by molar-refractivity contribution is 5.45. The van der Waals surface area contributed by atoms with Gasteiger partial charge in [-0.05, 0) is 46.5 Å². The average Bonchev–Trinajstić information content (AvgIpc) is 3.05. The third-order valence-electron chi connectivity index (χ3n) is 7.32. The standard InChI is InChI=1S/C34H38O8/c1-39-31-17-25(13-15-29(31)41-21-23-9-5-3-6-10-23)33(37)27(19-35)28(20-36)34(38)26-14-16-30(32(18-26)40-2)42-22-24-11-7-4-8-12-24/h3-18,27-28,33-38H,19-22H2,1-2H3/t27-,28+,33-,34-/m0/s1. The molecular formula is C34H38O8.